The molecule has 0 aliphatic heterocycles. The van der Waals surface area contributed by atoms with Crippen molar-refractivity contribution in [1.29, 1.82) is 0 Å². The molecule has 0 unspecified atom stereocenters. The standard InChI is InChI=1S/C8H5ClO4/c9-5-1-4(3-10)7(11)6(2-5)8(12)13/h1-3,11H,(H,12,13). The minimum atomic E-state index is -1.33. The number of rotatable bonds is 2. The molecule has 0 fully saturated rings. The van der Waals surface area contributed by atoms with Crippen LogP contribution in [-0.4, -0.2) is 22.5 Å². The number of hydrogen-bond acceptors (Lipinski definition) is 3. The third kappa shape index (κ3) is 1.78. The summed E-state index contributed by atoms with van der Waals surface area (Å²) >= 11 is 5.51. The molecule has 1 rings (SSSR count). The minimum absolute atomic E-state index is 0.0947. The average molecular weight is 201 g/mol. The topological polar surface area (TPSA) is 74.6 Å². The quantitative estimate of drug-likeness (QED) is 0.711. The molecule has 0 aliphatic carbocycles. The Morgan fingerprint density at radius 1 is 1.46 bits per heavy atom. The molecule has 1 aromatic rings. The number of phenols is 1. The Morgan fingerprint density at radius 3 is 2.54 bits per heavy atom. The third-order valence-electron chi connectivity index (χ3n) is 1.46. The second-order valence-electron chi connectivity index (χ2n) is 2.31. The van der Waals surface area contributed by atoms with Crippen molar-refractivity contribution in [2.75, 3.05) is 0 Å². The first-order valence-electron chi connectivity index (χ1n) is 3.27. The van der Waals surface area contributed by atoms with Gasteiger partial charge >= 0.3 is 5.97 Å². The van der Waals surface area contributed by atoms with Gasteiger partial charge in [-0.2, -0.15) is 0 Å². The van der Waals surface area contributed by atoms with E-state index in [0.717, 1.165) is 6.07 Å². The molecule has 0 atom stereocenters. The fraction of sp³-hybridized carbons (Fsp3) is 0. The second kappa shape index (κ2) is 3.45. The van der Waals surface area contributed by atoms with Crippen molar-refractivity contribution in [1.82, 2.24) is 0 Å². The number of aldehydes is 1. The van der Waals surface area contributed by atoms with Crippen LogP contribution in [0.5, 0.6) is 5.75 Å². The van der Waals surface area contributed by atoms with Gasteiger partial charge in [-0.25, -0.2) is 4.79 Å². The number of benzene rings is 1. The number of aromatic carboxylic acids is 1. The van der Waals surface area contributed by atoms with E-state index in [1.165, 1.54) is 6.07 Å². The zero-order valence-corrected chi connectivity index (χ0v) is 7.08. The summed E-state index contributed by atoms with van der Waals surface area (Å²) in [5, 5.41) is 17.9. The largest absolute Gasteiger partial charge is 0.506 e. The Balaban J connectivity index is 3.44. The number of carbonyl (C=O) groups is 2. The summed E-state index contributed by atoms with van der Waals surface area (Å²) in [4.78, 5) is 20.9. The predicted octanol–water partition coefficient (Wildman–Crippen LogP) is 1.56. The molecule has 0 saturated carbocycles. The van der Waals surface area contributed by atoms with E-state index in [1.54, 1.807) is 0 Å². The van der Waals surface area contributed by atoms with Gasteiger partial charge in [0, 0.05) is 5.02 Å². The molecule has 0 amide bonds. The highest BCUT2D eigenvalue weighted by Gasteiger charge is 2.14. The van der Waals surface area contributed by atoms with E-state index in [9.17, 15) is 14.7 Å². The van der Waals surface area contributed by atoms with E-state index in [-0.39, 0.29) is 16.1 Å². The van der Waals surface area contributed by atoms with Gasteiger partial charge in [0.25, 0.3) is 0 Å². The van der Waals surface area contributed by atoms with Crippen molar-refractivity contribution in [2.24, 2.45) is 0 Å². The van der Waals surface area contributed by atoms with Gasteiger partial charge in [-0.15, -0.1) is 0 Å². The number of carbonyl (C=O) groups excluding carboxylic acids is 1. The van der Waals surface area contributed by atoms with Crippen LogP contribution in [0.15, 0.2) is 12.1 Å². The number of hydrogen-bond donors (Lipinski definition) is 2. The first kappa shape index (κ1) is 9.54. The predicted molar refractivity (Wildman–Crippen MR) is 45.5 cm³/mol. The SMILES string of the molecule is O=Cc1cc(Cl)cc(C(=O)O)c1O. The van der Waals surface area contributed by atoms with E-state index in [4.69, 9.17) is 16.7 Å². The molecule has 0 bridgehead atoms. The normalized spacial score (nSPS) is 9.62. The van der Waals surface area contributed by atoms with Gasteiger partial charge in [0.05, 0.1) is 5.56 Å². The molecular formula is C8H5ClO4. The van der Waals surface area contributed by atoms with Crippen LogP contribution in [-0.2, 0) is 0 Å². The molecule has 13 heavy (non-hydrogen) atoms. The molecule has 0 saturated heterocycles. The van der Waals surface area contributed by atoms with Crippen molar-refractivity contribution in [2.45, 2.75) is 0 Å². The van der Waals surface area contributed by atoms with Gasteiger partial charge in [-0.1, -0.05) is 11.6 Å². The van der Waals surface area contributed by atoms with E-state index in [1.807, 2.05) is 0 Å². The maximum atomic E-state index is 10.5. The number of carboxylic acid groups (broad SMARTS) is 1. The third-order valence-corrected chi connectivity index (χ3v) is 1.68. The smallest absolute Gasteiger partial charge is 0.339 e. The van der Waals surface area contributed by atoms with E-state index in [0.29, 0.717) is 6.29 Å². The van der Waals surface area contributed by atoms with Crippen LogP contribution in [0.3, 0.4) is 0 Å². The maximum Gasteiger partial charge on any atom is 0.339 e. The Bertz CT molecular complexity index is 373. The van der Waals surface area contributed by atoms with Crippen LogP contribution in [0.25, 0.3) is 0 Å². The van der Waals surface area contributed by atoms with Gasteiger partial charge in [0.15, 0.2) is 6.29 Å². The zero-order chi connectivity index (χ0) is 10.0. The highest BCUT2D eigenvalue weighted by molar-refractivity contribution is 6.31. The van der Waals surface area contributed by atoms with Crippen molar-refractivity contribution >= 4 is 23.9 Å². The van der Waals surface area contributed by atoms with Crippen molar-refractivity contribution in [3.63, 3.8) is 0 Å². The van der Waals surface area contributed by atoms with Crippen LogP contribution in [0.2, 0.25) is 5.02 Å². The molecule has 0 heterocycles. The van der Waals surface area contributed by atoms with Crippen LogP contribution >= 0.6 is 11.6 Å². The lowest BCUT2D eigenvalue weighted by atomic mass is 10.1. The maximum absolute atomic E-state index is 10.5. The first-order chi connectivity index (χ1) is 6.06. The summed E-state index contributed by atoms with van der Waals surface area (Å²) in [7, 11) is 0. The summed E-state index contributed by atoms with van der Waals surface area (Å²) in [5.41, 5.74) is -0.514. The molecule has 0 aliphatic rings. The Morgan fingerprint density at radius 2 is 2.08 bits per heavy atom. The summed E-state index contributed by atoms with van der Waals surface area (Å²) < 4.78 is 0. The average Bonchev–Trinajstić information content (AvgIpc) is 2.08. The van der Waals surface area contributed by atoms with E-state index in [2.05, 4.69) is 0 Å². The zero-order valence-electron chi connectivity index (χ0n) is 6.32. The number of halogens is 1. The summed E-state index contributed by atoms with van der Waals surface area (Å²) in [6, 6.07) is 2.27. The molecule has 0 aromatic heterocycles. The lowest BCUT2D eigenvalue weighted by molar-refractivity contribution is 0.0693. The lowest BCUT2D eigenvalue weighted by Gasteiger charge is -2.02. The van der Waals surface area contributed by atoms with Gasteiger partial charge in [-0.3, -0.25) is 4.79 Å². The van der Waals surface area contributed by atoms with Crippen molar-refractivity contribution in [3.05, 3.63) is 28.3 Å². The van der Waals surface area contributed by atoms with Crippen molar-refractivity contribution < 1.29 is 19.8 Å². The Kier molecular flexibility index (Phi) is 2.53. The van der Waals surface area contributed by atoms with Gasteiger partial charge in [0.2, 0.25) is 0 Å². The molecule has 0 radical (unpaired) electrons. The van der Waals surface area contributed by atoms with Crippen LogP contribution in [0.4, 0.5) is 0 Å². The Labute approximate surface area is 78.4 Å². The van der Waals surface area contributed by atoms with Gasteiger partial charge in [0.1, 0.15) is 11.3 Å². The summed E-state index contributed by atoms with van der Waals surface area (Å²) in [5.74, 6) is -1.89. The summed E-state index contributed by atoms with van der Waals surface area (Å²) in [6.45, 7) is 0. The molecule has 4 nitrogen and oxygen atoms in total. The molecule has 1 aromatic carbocycles. The first-order valence-corrected chi connectivity index (χ1v) is 3.65. The molecule has 68 valence electrons. The van der Waals surface area contributed by atoms with Crippen molar-refractivity contribution in [3.8, 4) is 5.75 Å². The number of aromatic hydroxyl groups is 1. The fourth-order valence-corrected chi connectivity index (χ4v) is 1.10. The monoisotopic (exact) mass is 200 g/mol. The summed E-state index contributed by atoms with van der Waals surface area (Å²) in [6.07, 6.45) is 0.341. The highest BCUT2D eigenvalue weighted by atomic mass is 35.5. The van der Waals surface area contributed by atoms with E-state index >= 15 is 0 Å². The molecule has 5 heteroatoms. The van der Waals surface area contributed by atoms with Gasteiger partial charge < -0.3 is 10.2 Å². The highest BCUT2D eigenvalue weighted by Crippen LogP contribution is 2.25. The molecule has 2 N–H and O–H groups in total. The lowest BCUT2D eigenvalue weighted by Crippen LogP contribution is -1.98. The molecular weight excluding hydrogens is 196 g/mol. The van der Waals surface area contributed by atoms with Crippen LogP contribution < -0.4 is 0 Å². The van der Waals surface area contributed by atoms with Gasteiger partial charge in [-0.05, 0) is 12.1 Å². The van der Waals surface area contributed by atoms with Crippen LogP contribution in [0.1, 0.15) is 20.7 Å². The number of carboxylic acids is 1. The van der Waals surface area contributed by atoms with E-state index < -0.39 is 11.7 Å². The fourth-order valence-electron chi connectivity index (χ4n) is 0.873. The Hall–Kier alpha value is -1.55. The second-order valence-corrected chi connectivity index (χ2v) is 2.75. The molecule has 0 spiro atoms. The van der Waals surface area contributed by atoms with Crippen LogP contribution in [0, 0.1) is 0 Å². The minimum Gasteiger partial charge on any atom is -0.506 e.